The number of aryl methyl sites for hydroxylation is 2. The molecule has 0 radical (unpaired) electrons. The number of anilines is 1. The fraction of sp³-hybridized carbons (Fsp3) is 0.240. The van der Waals surface area contributed by atoms with Gasteiger partial charge in [0.1, 0.15) is 4.32 Å². The van der Waals surface area contributed by atoms with Crippen molar-refractivity contribution in [3.05, 3.63) is 70.6 Å². The number of hydrogen-bond donors (Lipinski definition) is 1. The van der Waals surface area contributed by atoms with E-state index < -0.39 is 0 Å². The van der Waals surface area contributed by atoms with Crippen molar-refractivity contribution < 1.29 is 19.1 Å². The molecule has 1 saturated heterocycles. The van der Waals surface area contributed by atoms with Crippen LogP contribution in [0.15, 0.2) is 54.0 Å². The van der Waals surface area contributed by atoms with Crippen molar-refractivity contribution in [2.24, 2.45) is 0 Å². The molecule has 6 nitrogen and oxygen atoms in total. The van der Waals surface area contributed by atoms with Crippen LogP contribution in [0.3, 0.4) is 0 Å². The van der Waals surface area contributed by atoms with Crippen LogP contribution in [0.5, 0.6) is 11.5 Å². The maximum absolute atomic E-state index is 12.6. The molecule has 2 aromatic rings. The first kappa shape index (κ1) is 24.5. The van der Waals surface area contributed by atoms with Crippen LogP contribution in [0.1, 0.15) is 23.6 Å². The average Bonchev–Trinajstić information content (AvgIpc) is 3.03. The quantitative estimate of drug-likeness (QED) is 0.304. The van der Waals surface area contributed by atoms with Gasteiger partial charge in [-0.2, -0.15) is 0 Å². The van der Waals surface area contributed by atoms with Crippen molar-refractivity contribution in [3.63, 3.8) is 0 Å². The largest absolute Gasteiger partial charge is 0.490 e. The maximum Gasteiger partial charge on any atom is 0.266 e. The van der Waals surface area contributed by atoms with Crippen LogP contribution in [0, 0.1) is 13.8 Å². The number of nitrogens with zero attached hydrogens (tertiary/aromatic N) is 1. The first-order chi connectivity index (χ1) is 15.8. The Morgan fingerprint density at radius 1 is 1.18 bits per heavy atom. The van der Waals surface area contributed by atoms with Gasteiger partial charge in [-0.1, -0.05) is 53.8 Å². The number of carbonyl (C=O) groups excluding carboxylic acids is 2. The zero-order chi connectivity index (χ0) is 24.0. The number of ether oxygens (including phenoxy) is 2. The van der Waals surface area contributed by atoms with Crippen LogP contribution in [0.25, 0.3) is 6.08 Å². The normalized spacial score (nSPS) is 14.5. The highest BCUT2D eigenvalue weighted by Crippen LogP contribution is 2.34. The molecule has 0 bridgehead atoms. The molecule has 1 heterocycles. The maximum atomic E-state index is 12.6. The zero-order valence-corrected chi connectivity index (χ0v) is 20.5. The topological polar surface area (TPSA) is 67.9 Å². The van der Waals surface area contributed by atoms with Gasteiger partial charge in [0.15, 0.2) is 18.1 Å². The summed E-state index contributed by atoms with van der Waals surface area (Å²) in [5, 5.41) is 2.86. The smallest absolute Gasteiger partial charge is 0.266 e. The van der Waals surface area contributed by atoms with E-state index in [9.17, 15) is 9.59 Å². The third kappa shape index (κ3) is 6.24. The highest BCUT2D eigenvalue weighted by atomic mass is 32.2. The van der Waals surface area contributed by atoms with Crippen LogP contribution < -0.4 is 14.8 Å². The van der Waals surface area contributed by atoms with Gasteiger partial charge in [-0.15, -0.1) is 6.58 Å². The number of amides is 2. The Morgan fingerprint density at radius 3 is 2.67 bits per heavy atom. The third-order valence-electron chi connectivity index (χ3n) is 4.77. The van der Waals surface area contributed by atoms with Gasteiger partial charge in [0.2, 0.25) is 0 Å². The SMILES string of the molecule is C=CCN1C(=O)/C(=C/c2ccc(OCC(=O)Nc3ccc(C)cc3C)c(OCC)c2)SC1=S. The molecular weight excluding hydrogens is 456 g/mol. The Morgan fingerprint density at radius 2 is 1.97 bits per heavy atom. The first-order valence-corrected chi connectivity index (χ1v) is 11.7. The lowest BCUT2D eigenvalue weighted by Gasteiger charge is -2.14. The van der Waals surface area contributed by atoms with E-state index in [1.54, 1.807) is 30.4 Å². The van der Waals surface area contributed by atoms with E-state index in [2.05, 4.69) is 11.9 Å². The molecule has 0 unspecified atom stereocenters. The van der Waals surface area contributed by atoms with Gasteiger partial charge in [-0.05, 0) is 56.2 Å². The summed E-state index contributed by atoms with van der Waals surface area (Å²) in [6, 6.07) is 11.1. The second-order valence-electron chi connectivity index (χ2n) is 7.38. The molecule has 1 aliphatic heterocycles. The predicted octanol–water partition coefficient (Wildman–Crippen LogP) is 5.11. The fourth-order valence-corrected chi connectivity index (χ4v) is 4.50. The second-order valence-corrected chi connectivity index (χ2v) is 9.05. The summed E-state index contributed by atoms with van der Waals surface area (Å²) in [4.78, 5) is 27.0. The van der Waals surface area contributed by atoms with Crippen molar-refractivity contribution in [2.45, 2.75) is 20.8 Å². The Bertz CT molecular complexity index is 1130. The number of thioether (sulfide) groups is 1. The molecule has 0 aromatic heterocycles. The summed E-state index contributed by atoms with van der Waals surface area (Å²) >= 11 is 6.53. The van der Waals surface area contributed by atoms with E-state index in [-0.39, 0.29) is 18.4 Å². The minimum Gasteiger partial charge on any atom is -0.490 e. The molecule has 1 fully saturated rings. The van der Waals surface area contributed by atoms with Crippen molar-refractivity contribution >= 4 is 51.9 Å². The molecule has 8 heteroatoms. The van der Waals surface area contributed by atoms with Crippen molar-refractivity contribution in [2.75, 3.05) is 25.1 Å². The molecule has 0 aliphatic carbocycles. The molecule has 0 atom stereocenters. The monoisotopic (exact) mass is 482 g/mol. The Labute approximate surface area is 203 Å². The molecule has 172 valence electrons. The summed E-state index contributed by atoms with van der Waals surface area (Å²) < 4.78 is 11.9. The van der Waals surface area contributed by atoms with Crippen molar-refractivity contribution in [1.29, 1.82) is 0 Å². The number of hydrogen-bond acceptors (Lipinski definition) is 6. The average molecular weight is 483 g/mol. The summed E-state index contributed by atoms with van der Waals surface area (Å²) in [5.74, 6) is 0.529. The number of carbonyl (C=O) groups is 2. The lowest BCUT2D eigenvalue weighted by atomic mass is 10.1. The summed E-state index contributed by atoms with van der Waals surface area (Å²) in [6.07, 6.45) is 3.41. The van der Waals surface area contributed by atoms with E-state index in [1.807, 2.05) is 39.0 Å². The van der Waals surface area contributed by atoms with Gasteiger partial charge < -0.3 is 14.8 Å². The van der Waals surface area contributed by atoms with E-state index in [4.69, 9.17) is 21.7 Å². The Kier molecular flexibility index (Phi) is 8.30. The zero-order valence-electron chi connectivity index (χ0n) is 18.8. The van der Waals surface area contributed by atoms with E-state index in [0.29, 0.717) is 33.9 Å². The lowest BCUT2D eigenvalue weighted by Crippen LogP contribution is -2.27. The molecule has 2 amide bonds. The van der Waals surface area contributed by atoms with Gasteiger partial charge in [0, 0.05) is 12.2 Å². The standard InChI is InChI=1S/C25H26N2O4S2/c1-5-11-27-24(29)22(33-25(27)32)14-18-8-10-20(21(13-18)30-6-2)31-15-23(28)26-19-9-7-16(3)12-17(19)4/h5,7-10,12-14H,1,6,11,15H2,2-4H3,(H,26,28)/b22-14-. The van der Waals surface area contributed by atoms with E-state index in [1.165, 1.54) is 16.7 Å². The van der Waals surface area contributed by atoms with Gasteiger partial charge in [-0.3, -0.25) is 14.5 Å². The number of thiocarbonyl (C=S) groups is 1. The molecule has 0 spiro atoms. The van der Waals surface area contributed by atoms with Gasteiger partial charge in [-0.25, -0.2) is 0 Å². The number of rotatable bonds is 9. The molecule has 33 heavy (non-hydrogen) atoms. The van der Waals surface area contributed by atoms with Crippen LogP contribution in [-0.2, 0) is 9.59 Å². The van der Waals surface area contributed by atoms with E-state index in [0.717, 1.165) is 22.4 Å². The molecule has 0 saturated carbocycles. The minimum atomic E-state index is -0.264. The van der Waals surface area contributed by atoms with Crippen molar-refractivity contribution in [1.82, 2.24) is 4.90 Å². The highest BCUT2D eigenvalue weighted by molar-refractivity contribution is 8.26. The van der Waals surface area contributed by atoms with Crippen molar-refractivity contribution in [3.8, 4) is 11.5 Å². The van der Waals surface area contributed by atoms with Gasteiger partial charge in [0.05, 0.1) is 11.5 Å². The Balaban J connectivity index is 1.71. The van der Waals surface area contributed by atoms with Gasteiger partial charge >= 0.3 is 0 Å². The fourth-order valence-electron chi connectivity index (χ4n) is 3.22. The highest BCUT2D eigenvalue weighted by Gasteiger charge is 2.31. The first-order valence-electron chi connectivity index (χ1n) is 10.5. The molecule has 3 rings (SSSR count). The van der Waals surface area contributed by atoms with Gasteiger partial charge in [0.25, 0.3) is 11.8 Å². The second kappa shape index (κ2) is 11.2. The third-order valence-corrected chi connectivity index (χ3v) is 6.14. The number of benzene rings is 2. The Hall–Kier alpha value is -3.10. The number of nitrogens with one attached hydrogen (secondary N) is 1. The van der Waals surface area contributed by atoms with Crippen LogP contribution >= 0.6 is 24.0 Å². The molecule has 1 aliphatic rings. The minimum absolute atomic E-state index is 0.147. The summed E-state index contributed by atoms with van der Waals surface area (Å²) in [5.41, 5.74) is 3.64. The van der Waals surface area contributed by atoms with Crippen LogP contribution in [0.2, 0.25) is 0 Å². The molecule has 2 aromatic carbocycles. The predicted molar refractivity (Wildman–Crippen MR) is 138 cm³/mol. The lowest BCUT2D eigenvalue weighted by molar-refractivity contribution is -0.121. The molecule has 1 N–H and O–H groups in total. The summed E-state index contributed by atoms with van der Waals surface area (Å²) in [7, 11) is 0. The van der Waals surface area contributed by atoms with E-state index >= 15 is 0 Å². The molecular formula is C25H26N2O4S2. The van der Waals surface area contributed by atoms with Crippen LogP contribution in [0.4, 0.5) is 5.69 Å². The summed E-state index contributed by atoms with van der Waals surface area (Å²) in [6.45, 7) is 10.1. The van der Waals surface area contributed by atoms with Crippen LogP contribution in [-0.4, -0.2) is 40.8 Å².